The Hall–Kier alpha value is -0.720. The van der Waals surface area contributed by atoms with E-state index >= 15 is 0 Å². The average molecular weight is 98.1 g/mol. The lowest BCUT2D eigenvalue weighted by atomic mass is 10.4. The maximum atomic E-state index is 8.49. The summed E-state index contributed by atoms with van der Waals surface area (Å²) in [7, 11) is 0. The third kappa shape index (κ3) is 5.28. The third-order valence-corrected chi connectivity index (χ3v) is 0.530. The zero-order valence-electron chi connectivity index (χ0n) is 4.68. The second kappa shape index (κ2) is 3.47. The van der Waals surface area contributed by atoms with E-state index in [0.717, 1.165) is 0 Å². The summed E-state index contributed by atoms with van der Waals surface area (Å²) in [5.41, 5.74) is 0. The second-order valence-corrected chi connectivity index (χ2v) is 1.33. The first-order valence-electron chi connectivity index (χ1n) is 2.26. The number of hydrogen-bond donors (Lipinski definition) is 1. The van der Waals surface area contributed by atoms with Gasteiger partial charge in [-0.05, 0) is 19.9 Å². The van der Waals surface area contributed by atoms with Crippen LogP contribution in [0.4, 0.5) is 0 Å². The predicted molar refractivity (Wildman–Crippen MR) is 31.2 cm³/mol. The molecule has 7 heavy (non-hydrogen) atoms. The van der Waals surface area contributed by atoms with Gasteiger partial charge in [0.1, 0.15) is 0 Å². The fraction of sp³-hybridized carbons (Fsp3) is 0.333. The quantitative estimate of drug-likeness (QED) is 0.393. The summed E-state index contributed by atoms with van der Waals surface area (Å²) in [6.45, 7) is 3.54. The van der Waals surface area contributed by atoms with E-state index < -0.39 is 0 Å². The van der Waals surface area contributed by atoms with Gasteiger partial charge in [0.05, 0.1) is 5.76 Å². The summed E-state index contributed by atoms with van der Waals surface area (Å²) in [6, 6.07) is 0. The normalized spacial score (nSPS) is 13.1. The van der Waals surface area contributed by atoms with Crippen molar-refractivity contribution in [1.29, 1.82) is 0 Å². The van der Waals surface area contributed by atoms with Crippen molar-refractivity contribution in [2.45, 2.75) is 13.8 Å². The zero-order chi connectivity index (χ0) is 5.70. The van der Waals surface area contributed by atoms with Crippen molar-refractivity contribution in [2.24, 2.45) is 0 Å². The largest absolute Gasteiger partial charge is 0.513 e. The molecule has 0 atom stereocenters. The lowest BCUT2D eigenvalue weighted by molar-refractivity contribution is 0.414. The molecule has 0 saturated heterocycles. The van der Waals surface area contributed by atoms with E-state index in [1.165, 1.54) is 0 Å². The molecule has 0 spiro atoms. The first-order valence-corrected chi connectivity index (χ1v) is 2.26. The van der Waals surface area contributed by atoms with E-state index in [1.54, 1.807) is 19.1 Å². The van der Waals surface area contributed by atoms with Crippen LogP contribution in [0.25, 0.3) is 0 Å². The average Bonchev–Trinajstić information content (AvgIpc) is 1.61. The molecule has 0 fully saturated rings. The maximum absolute atomic E-state index is 8.49. The lowest BCUT2D eigenvalue weighted by Gasteiger charge is -1.78. The van der Waals surface area contributed by atoms with Crippen LogP contribution < -0.4 is 0 Å². The van der Waals surface area contributed by atoms with Crippen molar-refractivity contribution in [3.05, 3.63) is 24.0 Å². The highest BCUT2D eigenvalue weighted by atomic mass is 16.3. The van der Waals surface area contributed by atoms with Crippen LogP contribution in [0.3, 0.4) is 0 Å². The van der Waals surface area contributed by atoms with E-state index in [-0.39, 0.29) is 0 Å². The molecular weight excluding hydrogens is 88.1 g/mol. The van der Waals surface area contributed by atoms with Gasteiger partial charge in [-0.2, -0.15) is 0 Å². The van der Waals surface area contributed by atoms with Crippen LogP contribution in [0.5, 0.6) is 0 Å². The number of allylic oxidation sites excluding steroid dienone is 4. The van der Waals surface area contributed by atoms with Crippen molar-refractivity contribution >= 4 is 0 Å². The van der Waals surface area contributed by atoms with Crippen LogP contribution in [-0.4, -0.2) is 5.11 Å². The Bertz CT molecular complexity index is 86.4. The second-order valence-electron chi connectivity index (χ2n) is 1.33. The van der Waals surface area contributed by atoms with Gasteiger partial charge in [-0.25, -0.2) is 0 Å². The molecule has 0 aliphatic rings. The number of aliphatic hydroxyl groups excluding tert-OH is 1. The fourth-order valence-electron chi connectivity index (χ4n) is 0.235. The molecule has 0 aromatic heterocycles. The number of rotatable bonds is 1. The van der Waals surface area contributed by atoms with Gasteiger partial charge in [0.15, 0.2) is 0 Å². The lowest BCUT2D eigenvalue weighted by Crippen LogP contribution is -1.63. The first-order chi connectivity index (χ1) is 3.27. The minimum absolute atomic E-state index is 0.345. The topological polar surface area (TPSA) is 20.2 Å². The molecule has 0 bridgehead atoms. The number of aliphatic hydroxyl groups is 1. The molecule has 0 heterocycles. The van der Waals surface area contributed by atoms with Crippen LogP contribution in [0.2, 0.25) is 0 Å². The van der Waals surface area contributed by atoms with Crippen molar-refractivity contribution in [3.8, 4) is 0 Å². The monoisotopic (exact) mass is 98.1 g/mol. The molecule has 0 unspecified atom stereocenters. The highest BCUT2D eigenvalue weighted by Crippen LogP contribution is 1.83. The molecule has 1 nitrogen and oxygen atoms in total. The summed E-state index contributed by atoms with van der Waals surface area (Å²) < 4.78 is 0. The Morgan fingerprint density at radius 3 is 2.29 bits per heavy atom. The highest BCUT2D eigenvalue weighted by molar-refractivity contribution is 5.03. The summed E-state index contributed by atoms with van der Waals surface area (Å²) in [4.78, 5) is 0. The van der Waals surface area contributed by atoms with Gasteiger partial charge in [0.25, 0.3) is 0 Å². The van der Waals surface area contributed by atoms with Crippen LogP contribution in [0.15, 0.2) is 24.0 Å². The molecule has 0 amide bonds. The number of hydrogen-bond acceptors (Lipinski definition) is 1. The fourth-order valence-corrected chi connectivity index (χ4v) is 0.235. The molecule has 0 saturated carbocycles. The summed E-state index contributed by atoms with van der Waals surface area (Å²) in [6.07, 6.45) is 5.29. The van der Waals surface area contributed by atoms with Gasteiger partial charge in [-0.15, -0.1) is 0 Å². The van der Waals surface area contributed by atoms with E-state index in [0.29, 0.717) is 5.76 Å². The summed E-state index contributed by atoms with van der Waals surface area (Å²) >= 11 is 0. The minimum atomic E-state index is 0.345. The molecule has 0 aromatic rings. The van der Waals surface area contributed by atoms with Crippen LogP contribution in [-0.2, 0) is 0 Å². The molecule has 0 aromatic carbocycles. The Balaban J connectivity index is 3.46. The SMILES string of the molecule is C/C=C/C=C(/C)O. The predicted octanol–water partition coefficient (Wildman–Crippen LogP) is 2.02. The molecular formula is C6H10O. The van der Waals surface area contributed by atoms with Gasteiger partial charge in [0, 0.05) is 0 Å². The summed E-state index contributed by atoms with van der Waals surface area (Å²) in [5.74, 6) is 0.345. The van der Waals surface area contributed by atoms with Gasteiger partial charge in [-0.3, -0.25) is 0 Å². The van der Waals surface area contributed by atoms with E-state index in [9.17, 15) is 0 Å². The third-order valence-electron chi connectivity index (χ3n) is 0.530. The standard InChI is InChI=1S/C6H10O/c1-3-4-5-6(2)7/h3-5,7H,1-2H3/b4-3+,6-5-. The van der Waals surface area contributed by atoms with Gasteiger partial charge >= 0.3 is 0 Å². The molecule has 0 radical (unpaired) electrons. The molecule has 0 rings (SSSR count). The Morgan fingerprint density at radius 1 is 1.57 bits per heavy atom. The Morgan fingerprint density at radius 2 is 2.14 bits per heavy atom. The molecule has 1 heteroatoms. The van der Waals surface area contributed by atoms with Crippen LogP contribution in [0.1, 0.15) is 13.8 Å². The Labute approximate surface area is 44.0 Å². The smallest absolute Gasteiger partial charge is 0.0891 e. The Kier molecular flexibility index (Phi) is 3.11. The molecule has 40 valence electrons. The van der Waals surface area contributed by atoms with Crippen molar-refractivity contribution in [3.63, 3.8) is 0 Å². The van der Waals surface area contributed by atoms with Gasteiger partial charge in [0.2, 0.25) is 0 Å². The van der Waals surface area contributed by atoms with Gasteiger partial charge < -0.3 is 5.11 Å². The van der Waals surface area contributed by atoms with Crippen molar-refractivity contribution < 1.29 is 5.11 Å². The highest BCUT2D eigenvalue weighted by Gasteiger charge is 1.68. The summed E-state index contributed by atoms with van der Waals surface area (Å²) in [5, 5.41) is 8.49. The van der Waals surface area contributed by atoms with E-state index in [4.69, 9.17) is 5.11 Å². The molecule has 0 aliphatic heterocycles. The van der Waals surface area contributed by atoms with E-state index in [2.05, 4.69) is 0 Å². The maximum Gasteiger partial charge on any atom is 0.0891 e. The van der Waals surface area contributed by atoms with Crippen LogP contribution in [0, 0.1) is 0 Å². The van der Waals surface area contributed by atoms with E-state index in [1.807, 2.05) is 13.0 Å². The van der Waals surface area contributed by atoms with Crippen molar-refractivity contribution in [2.75, 3.05) is 0 Å². The minimum Gasteiger partial charge on any atom is -0.513 e. The first kappa shape index (κ1) is 6.28. The zero-order valence-corrected chi connectivity index (χ0v) is 4.68. The van der Waals surface area contributed by atoms with Gasteiger partial charge in [-0.1, -0.05) is 12.2 Å². The van der Waals surface area contributed by atoms with Crippen molar-refractivity contribution in [1.82, 2.24) is 0 Å². The van der Waals surface area contributed by atoms with Crippen LogP contribution >= 0.6 is 0 Å². The molecule has 1 N–H and O–H groups in total. The molecule has 0 aliphatic carbocycles.